The van der Waals surface area contributed by atoms with Crippen LogP contribution in [0.5, 0.6) is 0 Å². The van der Waals surface area contributed by atoms with Gasteiger partial charge in [-0.15, -0.1) is 0 Å². The van der Waals surface area contributed by atoms with E-state index in [0.717, 1.165) is 30.1 Å². The third kappa shape index (κ3) is 4.03. The topological polar surface area (TPSA) is 77.3 Å². The molecule has 0 bridgehead atoms. The first-order chi connectivity index (χ1) is 13.7. The number of hydrogen-bond donors (Lipinski definition) is 2. The lowest BCUT2D eigenvalue weighted by atomic mass is 9.91. The highest BCUT2D eigenvalue weighted by Gasteiger charge is 2.18. The molecule has 1 atom stereocenters. The number of carbonyl (C=O) groups excluding carboxylic acids is 1. The highest BCUT2D eigenvalue weighted by Crippen LogP contribution is 2.24. The minimum absolute atomic E-state index is 0.137. The number of nitrogens with one attached hydrogen (secondary N) is 2. The molecule has 140 valence electrons. The molecule has 2 aliphatic rings. The van der Waals surface area contributed by atoms with Crippen LogP contribution in [0, 0.1) is 11.3 Å². The summed E-state index contributed by atoms with van der Waals surface area (Å²) in [5, 5.41) is 15.4. The predicted octanol–water partition coefficient (Wildman–Crippen LogP) is 3.39. The summed E-state index contributed by atoms with van der Waals surface area (Å²) in [6.45, 7) is 2.47. The van der Waals surface area contributed by atoms with Crippen LogP contribution < -0.4 is 10.6 Å². The van der Waals surface area contributed by atoms with E-state index in [1.807, 2.05) is 24.3 Å². The highest BCUT2D eigenvalue weighted by molar-refractivity contribution is 6.17. The van der Waals surface area contributed by atoms with Crippen molar-refractivity contribution in [1.29, 1.82) is 5.26 Å². The average molecular weight is 370 g/mol. The SMILES string of the molecule is N#Cc1cccc(C2=NCC(C(=O)Nc3ccc([C@H]4CCCNC4)cc3)=C2)c1. The van der Waals surface area contributed by atoms with Gasteiger partial charge in [0.15, 0.2) is 0 Å². The van der Waals surface area contributed by atoms with Gasteiger partial charge in [0.2, 0.25) is 0 Å². The fourth-order valence-electron chi connectivity index (χ4n) is 3.67. The molecule has 4 rings (SSSR count). The Kier molecular flexibility index (Phi) is 5.31. The molecule has 2 aromatic carbocycles. The van der Waals surface area contributed by atoms with Crippen LogP contribution in [0.4, 0.5) is 5.69 Å². The second kappa shape index (κ2) is 8.20. The minimum Gasteiger partial charge on any atom is -0.322 e. The Morgan fingerprint density at radius 1 is 1.21 bits per heavy atom. The van der Waals surface area contributed by atoms with Crippen molar-refractivity contribution in [2.75, 3.05) is 25.0 Å². The largest absolute Gasteiger partial charge is 0.322 e. The number of aliphatic imine (C=N–C) groups is 1. The lowest BCUT2D eigenvalue weighted by Gasteiger charge is -2.23. The number of rotatable bonds is 4. The average Bonchev–Trinajstić information content (AvgIpc) is 3.25. The number of hydrogen-bond acceptors (Lipinski definition) is 4. The molecule has 5 nitrogen and oxygen atoms in total. The van der Waals surface area contributed by atoms with E-state index >= 15 is 0 Å². The lowest BCUT2D eigenvalue weighted by Crippen LogP contribution is -2.28. The van der Waals surface area contributed by atoms with E-state index in [-0.39, 0.29) is 5.91 Å². The lowest BCUT2D eigenvalue weighted by molar-refractivity contribution is -0.112. The van der Waals surface area contributed by atoms with Crippen LogP contribution >= 0.6 is 0 Å². The van der Waals surface area contributed by atoms with Gasteiger partial charge in [-0.3, -0.25) is 9.79 Å². The van der Waals surface area contributed by atoms with Crippen LogP contribution in [0.3, 0.4) is 0 Å². The Labute approximate surface area is 164 Å². The van der Waals surface area contributed by atoms with E-state index in [2.05, 4.69) is 33.8 Å². The number of benzene rings is 2. The van der Waals surface area contributed by atoms with Gasteiger partial charge < -0.3 is 10.6 Å². The number of amides is 1. The Bertz CT molecular complexity index is 976. The Morgan fingerprint density at radius 3 is 2.82 bits per heavy atom. The van der Waals surface area contributed by atoms with Crippen LogP contribution in [0.25, 0.3) is 0 Å². The molecule has 0 unspecified atom stereocenters. The zero-order chi connectivity index (χ0) is 19.3. The number of anilines is 1. The molecule has 0 aliphatic carbocycles. The van der Waals surface area contributed by atoms with E-state index in [1.165, 1.54) is 18.4 Å². The molecule has 0 saturated carbocycles. The summed E-state index contributed by atoms with van der Waals surface area (Å²) < 4.78 is 0. The zero-order valence-electron chi connectivity index (χ0n) is 15.6. The van der Waals surface area contributed by atoms with E-state index in [9.17, 15) is 4.79 Å². The van der Waals surface area contributed by atoms with Crippen molar-refractivity contribution in [2.45, 2.75) is 18.8 Å². The van der Waals surface area contributed by atoms with Crippen LogP contribution in [-0.4, -0.2) is 31.3 Å². The fourth-order valence-corrected chi connectivity index (χ4v) is 3.67. The van der Waals surface area contributed by atoms with Crippen LogP contribution in [0.15, 0.2) is 65.2 Å². The quantitative estimate of drug-likeness (QED) is 0.866. The number of piperidine rings is 1. The summed E-state index contributed by atoms with van der Waals surface area (Å²) in [6.07, 6.45) is 4.21. The maximum absolute atomic E-state index is 12.6. The molecule has 1 fully saturated rings. The normalized spacial score (nSPS) is 18.8. The van der Waals surface area contributed by atoms with Crippen molar-refractivity contribution < 1.29 is 4.79 Å². The van der Waals surface area contributed by atoms with Gasteiger partial charge in [-0.1, -0.05) is 24.3 Å². The summed E-state index contributed by atoms with van der Waals surface area (Å²) >= 11 is 0. The van der Waals surface area contributed by atoms with Gasteiger partial charge in [-0.05, 0) is 61.2 Å². The predicted molar refractivity (Wildman–Crippen MR) is 111 cm³/mol. The molecule has 1 amide bonds. The van der Waals surface area contributed by atoms with E-state index in [1.54, 1.807) is 18.2 Å². The van der Waals surface area contributed by atoms with Gasteiger partial charge in [0.1, 0.15) is 0 Å². The number of nitrogens with zero attached hydrogens (tertiary/aromatic N) is 2. The van der Waals surface area contributed by atoms with E-state index in [0.29, 0.717) is 23.6 Å². The smallest absolute Gasteiger partial charge is 0.253 e. The Morgan fingerprint density at radius 2 is 2.07 bits per heavy atom. The monoisotopic (exact) mass is 370 g/mol. The van der Waals surface area contributed by atoms with Crippen molar-refractivity contribution in [3.05, 3.63) is 76.9 Å². The molecule has 0 aromatic heterocycles. The first kappa shape index (κ1) is 18.1. The fraction of sp³-hybridized carbons (Fsp3) is 0.261. The third-order valence-corrected chi connectivity index (χ3v) is 5.25. The summed E-state index contributed by atoms with van der Waals surface area (Å²) in [6, 6.07) is 17.5. The molecule has 28 heavy (non-hydrogen) atoms. The molecule has 2 N–H and O–H groups in total. The van der Waals surface area contributed by atoms with Gasteiger partial charge in [0.05, 0.1) is 23.9 Å². The van der Waals surface area contributed by atoms with E-state index in [4.69, 9.17) is 5.26 Å². The maximum Gasteiger partial charge on any atom is 0.253 e. The van der Waals surface area contributed by atoms with E-state index < -0.39 is 0 Å². The van der Waals surface area contributed by atoms with Gasteiger partial charge >= 0.3 is 0 Å². The minimum atomic E-state index is -0.137. The van der Waals surface area contributed by atoms with Gasteiger partial charge in [-0.2, -0.15) is 5.26 Å². The standard InChI is InChI=1S/C23H22N4O/c24-13-16-3-1-4-18(11-16)22-12-20(15-26-22)23(28)27-21-8-6-17(7-9-21)19-5-2-10-25-14-19/h1,3-4,6-9,11-12,19,25H,2,5,10,14-15H2,(H,27,28)/t19-/m0/s1. The van der Waals surface area contributed by atoms with Crippen molar-refractivity contribution in [3.63, 3.8) is 0 Å². The molecular formula is C23H22N4O. The van der Waals surface area contributed by atoms with Gasteiger partial charge in [0.25, 0.3) is 5.91 Å². The number of allylic oxidation sites excluding steroid dienone is 1. The highest BCUT2D eigenvalue weighted by atomic mass is 16.1. The molecule has 2 aliphatic heterocycles. The number of carbonyl (C=O) groups is 1. The second-order valence-corrected chi connectivity index (χ2v) is 7.18. The van der Waals surface area contributed by atoms with Crippen molar-refractivity contribution in [3.8, 4) is 6.07 Å². The molecule has 2 heterocycles. The van der Waals surface area contributed by atoms with Crippen molar-refractivity contribution in [2.24, 2.45) is 4.99 Å². The molecular weight excluding hydrogens is 348 g/mol. The van der Waals surface area contributed by atoms with Gasteiger partial charge in [-0.25, -0.2) is 0 Å². The molecule has 2 aromatic rings. The molecule has 1 saturated heterocycles. The molecule has 5 heteroatoms. The summed E-state index contributed by atoms with van der Waals surface area (Å²) in [5.41, 5.74) is 4.90. The molecule has 0 radical (unpaired) electrons. The first-order valence-electron chi connectivity index (χ1n) is 9.60. The molecule has 0 spiro atoms. The summed E-state index contributed by atoms with van der Waals surface area (Å²) in [5.74, 6) is 0.415. The number of nitriles is 1. The summed E-state index contributed by atoms with van der Waals surface area (Å²) in [7, 11) is 0. The maximum atomic E-state index is 12.6. The van der Waals surface area contributed by atoms with Crippen molar-refractivity contribution >= 4 is 17.3 Å². The van der Waals surface area contributed by atoms with Crippen LogP contribution in [0.1, 0.15) is 35.4 Å². The zero-order valence-corrected chi connectivity index (χ0v) is 15.6. The Hall–Kier alpha value is -3.23. The van der Waals surface area contributed by atoms with Crippen LogP contribution in [0.2, 0.25) is 0 Å². The van der Waals surface area contributed by atoms with Crippen LogP contribution in [-0.2, 0) is 4.79 Å². The van der Waals surface area contributed by atoms with Gasteiger partial charge in [0, 0.05) is 23.4 Å². The second-order valence-electron chi connectivity index (χ2n) is 7.18. The summed E-state index contributed by atoms with van der Waals surface area (Å²) in [4.78, 5) is 17.0. The third-order valence-electron chi connectivity index (χ3n) is 5.25. The van der Waals surface area contributed by atoms with Crippen molar-refractivity contribution in [1.82, 2.24) is 5.32 Å². The Balaban J connectivity index is 1.41. The first-order valence-corrected chi connectivity index (χ1v) is 9.60.